The van der Waals surface area contributed by atoms with Gasteiger partial charge in [-0.25, -0.2) is 4.79 Å². The number of hydrogen-bond donors (Lipinski definition) is 2. The summed E-state index contributed by atoms with van der Waals surface area (Å²) in [5.41, 5.74) is 1.82. The van der Waals surface area contributed by atoms with E-state index in [1.165, 1.54) is 18.2 Å². The van der Waals surface area contributed by atoms with Crippen LogP contribution in [0.5, 0.6) is 5.75 Å². The lowest BCUT2D eigenvalue weighted by Crippen LogP contribution is -2.11. The van der Waals surface area contributed by atoms with Crippen LogP contribution in [0.15, 0.2) is 40.9 Å². The van der Waals surface area contributed by atoms with E-state index in [-0.39, 0.29) is 22.7 Å². The van der Waals surface area contributed by atoms with E-state index in [0.29, 0.717) is 21.2 Å². The zero-order valence-corrected chi connectivity index (χ0v) is 12.2. The Morgan fingerprint density at radius 2 is 1.76 bits per heavy atom. The first-order valence-corrected chi connectivity index (χ1v) is 6.90. The number of rotatable bonds is 3. The smallest absolute Gasteiger partial charge is 0.336 e. The van der Waals surface area contributed by atoms with Crippen molar-refractivity contribution in [3.8, 4) is 5.75 Å². The van der Waals surface area contributed by atoms with Gasteiger partial charge in [-0.05, 0) is 41.5 Å². The molecule has 0 aliphatic heterocycles. The summed E-state index contributed by atoms with van der Waals surface area (Å²) < 4.78 is 0.638. The van der Waals surface area contributed by atoms with Crippen molar-refractivity contribution >= 4 is 39.3 Å². The first-order valence-electron chi connectivity index (χ1n) is 6.10. The van der Waals surface area contributed by atoms with Gasteiger partial charge in [0.2, 0.25) is 0 Å². The van der Waals surface area contributed by atoms with E-state index in [2.05, 4.69) is 15.9 Å². The molecule has 4 nitrogen and oxygen atoms in total. The lowest BCUT2D eigenvalue weighted by molar-refractivity contribution is -0.130. The third-order valence-corrected chi connectivity index (χ3v) is 4.04. The van der Waals surface area contributed by atoms with Gasteiger partial charge in [0.05, 0.1) is 11.1 Å². The van der Waals surface area contributed by atoms with E-state index >= 15 is 0 Å². The molecule has 0 spiro atoms. The van der Waals surface area contributed by atoms with Gasteiger partial charge in [0, 0.05) is 10.0 Å². The first-order chi connectivity index (χ1) is 9.99. The second-order valence-corrected chi connectivity index (χ2v) is 5.48. The highest BCUT2D eigenvalue weighted by atomic mass is 79.9. The van der Waals surface area contributed by atoms with Gasteiger partial charge in [0.25, 0.3) is 0 Å². The Kier molecular flexibility index (Phi) is 3.14. The Bertz CT molecular complexity index is 821. The number of phenols is 1. The van der Waals surface area contributed by atoms with Crippen LogP contribution in [0.1, 0.15) is 27.0 Å². The molecule has 1 aliphatic rings. The Labute approximate surface area is 128 Å². The number of hydrogen-bond acceptors (Lipinski definition) is 3. The molecule has 0 saturated carbocycles. The maximum atomic E-state index is 12.5. The van der Waals surface area contributed by atoms with Crippen LogP contribution in [0, 0.1) is 0 Å². The van der Waals surface area contributed by atoms with Gasteiger partial charge >= 0.3 is 5.97 Å². The van der Waals surface area contributed by atoms with E-state index < -0.39 is 5.97 Å². The lowest BCUT2D eigenvalue weighted by atomic mass is 9.85. The highest BCUT2D eigenvalue weighted by Gasteiger charge is 2.26. The molecule has 0 unspecified atom stereocenters. The number of aromatic hydroxyl groups is 1. The van der Waals surface area contributed by atoms with Crippen LogP contribution < -0.4 is 0 Å². The minimum absolute atomic E-state index is 0.139. The number of fused-ring (bicyclic) bond motifs is 1. The summed E-state index contributed by atoms with van der Waals surface area (Å²) >= 11 is 3.30. The molecule has 0 bridgehead atoms. The third kappa shape index (κ3) is 2.15. The number of phenolic OH excluding ortho intramolecular Hbond substituents is 1. The highest BCUT2D eigenvalue weighted by Crippen LogP contribution is 2.38. The number of carboxylic acid groups (broad SMARTS) is 1. The molecular formula is C16H9BrO4. The molecule has 0 radical (unpaired) electrons. The van der Waals surface area contributed by atoms with Crippen molar-refractivity contribution in [3.63, 3.8) is 0 Å². The molecule has 0 fully saturated rings. The number of aliphatic carboxylic acids is 1. The zero-order chi connectivity index (χ0) is 15.1. The largest absolute Gasteiger partial charge is 0.507 e. The molecule has 0 amide bonds. The normalized spacial score (nSPS) is 12.1. The predicted molar refractivity (Wildman–Crippen MR) is 81.2 cm³/mol. The Morgan fingerprint density at radius 1 is 1.05 bits per heavy atom. The van der Waals surface area contributed by atoms with Gasteiger partial charge in [-0.2, -0.15) is 0 Å². The monoisotopic (exact) mass is 344 g/mol. The fraction of sp³-hybridized carbons (Fsp3) is 0. The molecular weight excluding hydrogens is 336 g/mol. The van der Waals surface area contributed by atoms with Crippen molar-refractivity contribution in [2.45, 2.75) is 0 Å². The lowest BCUT2D eigenvalue weighted by Gasteiger charge is -2.18. The molecule has 5 heteroatoms. The number of carboxylic acids is 1. The van der Waals surface area contributed by atoms with Crippen LogP contribution >= 0.6 is 15.9 Å². The van der Waals surface area contributed by atoms with Gasteiger partial charge in [0.15, 0.2) is 5.78 Å². The standard InChI is InChI=1S/C16H9BrO4/c17-13-4-2-1-3-9(13)15(19)12-6-8-5-11(16(20)21)10(8)7-14(12)18/h1-7,18H,(H,20,21). The van der Waals surface area contributed by atoms with E-state index in [4.69, 9.17) is 5.11 Å². The summed E-state index contributed by atoms with van der Waals surface area (Å²) in [5, 5.41) is 19.0. The van der Waals surface area contributed by atoms with Crippen molar-refractivity contribution in [1.29, 1.82) is 0 Å². The molecule has 104 valence electrons. The Hall–Kier alpha value is -2.40. The number of benzene rings is 2. The number of halogens is 1. The summed E-state index contributed by atoms with van der Waals surface area (Å²) in [7, 11) is 0. The van der Waals surface area contributed by atoms with Crippen LogP contribution in [0.25, 0.3) is 11.6 Å². The minimum Gasteiger partial charge on any atom is -0.507 e. The summed E-state index contributed by atoms with van der Waals surface area (Å²) in [6.45, 7) is 0. The van der Waals surface area contributed by atoms with Gasteiger partial charge in [-0.3, -0.25) is 4.79 Å². The minimum atomic E-state index is -1.05. The van der Waals surface area contributed by atoms with E-state index in [9.17, 15) is 14.7 Å². The number of carbonyl (C=O) groups is 2. The molecule has 21 heavy (non-hydrogen) atoms. The maximum absolute atomic E-state index is 12.5. The molecule has 2 N–H and O–H groups in total. The van der Waals surface area contributed by atoms with Crippen molar-refractivity contribution in [2.24, 2.45) is 0 Å². The number of ketones is 1. The van der Waals surface area contributed by atoms with Gasteiger partial charge < -0.3 is 10.2 Å². The molecule has 1 aliphatic carbocycles. The molecule has 3 rings (SSSR count). The van der Waals surface area contributed by atoms with Crippen molar-refractivity contribution in [1.82, 2.24) is 0 Å². The molecule has 2 aromatic carbocycles. The maximum Gasteiger partial charge on any atom is 0.336 e. The van der Waals surface area contributed by atoms with Gasteiger partial charge in [-0.15, -0.1) is 0 Å². The average molecular weight is 345 g/mol. The first kappa shape index (κ1) is 13.6. The fourth-order valence-corrected chi connectivity index (χ4v) is 2.73. The molecule has 2 aromatic rings. The Balaban J connectivity index is 2.04. The van der Waals surface area contributed by atoms with Crippen molar-refractivity contribution in [3.05, 3.63) is 63.1 Å². The molecule has 0 heterocycles. The van der Waals surface area contributed by atoms with Crippen LogP contribution in [0.2, 0.25) is 0 Å². The summed E-state index contributed by atoms with van der Waals surface area (Å²) in [6.07, 6.45) is 1.48. The van der Waals surface area contributed by atoms with Crippen molar-refractivity contribution in [2.75, 3.05) is 0 Å². The SMILES string of the molecule is O=C(O)C1=Cc2cc(C(=O)c3ccccc3Br)c(O)cc21. The van der Waals surface area contributed by atoms with Crippen LogP contribution in [0.4, 0.5) is 0 Å². The van der Waals surface area contributed by atoms with Crippen LogP contribution in [-0.4, -0.2) is 22.0 Å². The van der Waals surface area contributed by atoms with Crippen LogP contribution in [-0.2, 0) is 4.79 Å². The number of carbonyl (C=O) groups excluding carboxylic acids is 1. The summed E-state index contributed by atoms with van der Waals surface area (Å²) in [6, 6.07) is 9.76. The summed E-state index contributed by atoms with van der Waals surface area (Å²) in [5.74, 6) is -1.59. The quantitative estimate of drug-likeness (QED) is 0.837. The fourth-order valence-electron chi connectivity index (χ4n) is 2.26. The topological polar surface area (TPSA) is 74.6 Å². The second kappa shape index (κ2) is 4.86. The second-order valence-electron chi connectivity index (χ2n) is 4.63. The zero-order valence-electron chi connectivity index (χ0n) is 10.6. The van der Waals surface area contributed by atoms with E-state index in [1.807, 2.05) is 0 Å². The Morgan fingerprint density at radius 3 is 2.43 bits per heavy atom. The summed E-state index contributed by atoms with van der Waals surface area (Å²) in [4.78, 5) is 23.4. The third-order valence-electron chi connectivity index (χ3n) is 3.35. The highest BCUT2D eigenvalue weighted by molar-refractivity contribution is 9.10. The van der Waals surface area contributed by atoms with Gasteiger partial charge in [-0.1, -0.05) is 28.1 Å². The molecule has 0 saturated heterocycles. The molecule has 0 atom stereocenters. The average Bonchev–Trinajstić information content (AvgIpc) is 2.42. The predicted octanol–water partition coefficient (Wildman–Crippen LogP) is 3.32. The van der Waals surface area contributed by atoms with Crippen LogP contribution in [0.3, 0.4) is 0 Å². The van der Waals surface area contributed by atoms with Crippen molar-refractivity contribution < 1.29 is 19.8 Å². The van der Waals surface area contributed by atoms with E-state index in [0.717, 1.165) is 0 Å². The molecule has 0 aromatic heterocycles. The van der Waals surface area contributed by atoms with E-state index in [1.54, 1.807) is 24.3 Å². The van der Waals surface area contributed by atoms with Gasteiger partial charge in [0.1, 0.15) is 5.75 Å².